The summed E-state index contributed by atoms with van der Waals surface area (Å²) in [5.74, 6) is 1.01. The molecule has 2 amide bonds. The van der Waals surface area contributed by atoms with Crippen LogP contribution in [0.2, 0.25) is 0 Å². The first-order chi connectivity index (χ1) is 15.8. The molecule has 2 N–H and O–H groups in total. The molecule has 9 nitrogen and oxygen atoms in total. The molecule has 4 rings (SSSR count). The van der Waals surface area contributed by atoms with E-state index in [1.165, 1.54) is 18.5 Å². The van der Waals surface area contributed by atoms with Crippen molar-refractivity contribution in [3.63, 3.8) is 0 Å². The fraction of sp³-hybridized carbons (Fsp3) is 0.0476. The van der Waals surface area contributed by atoms with Crippen LogP contribution in [0.15, 0.2) is 79.6 Å². The van der Waals surface area contributed by atoms with Crippen LogP contribution in [0, 0.1) is 0 Å². The maximum absolute atomic E-state index is 12.2. The van der Waals surface area contributed by atoms with E-state index in [2.05, 4.69) is 30.3 Å². The normalized spacial score (nSPS) is 11.0. The molecule has 2 heterocycles. The molecule has 2 aromatic carbocycles. The van der Waals surface area contributed by atoms with E-state index >= 15 is 0 Å². The summed E-state index contributed by atoms with van der Waals surface area (Å²) in [5.41, 5.74) is 0.762. The molecule has 4 aromatic rings. The molecule has 0 saturated carbocycles. The third-order valence-electron chi connectivity index (χ3n) is 4.08. The van der Waals surface area contributed by atoms with Crippen molar-refractivity contribution < 1.29 is 27.4 Å². The highest BCUT2D eigenvalue weighted by Crippen LogP contribution is 2.25. The van der Waals surface area contributed by atoms with E-state index in [9.17, 15) is 18.0 Å². The topological polar surface area (TPSA) is 103 Å². The molecule has 0 aliphatic carbocycles. The van der Waals surface area contributed by atoms with E-state index in [1.54, 1.807) is 53.6 Å². The predicted molar refractivity (Wildman–Crippen MR) is 111 cm³/mol. The summed E-state index contributed by atoms with van der Waals surface area (Å²) in [6.45, 7) is 0. The molecule has 0 aliphatic heterocycles. The van der Waals surface area contributed by atoms with Crippen LogP contribution in [-0.4, -0.2) is 31.9 Å². The second-order valence-corrected chi connectivity index (χ2v) is 6.46. The number of urea groups is 1. The summed E-state index contributed by atoms with van der Waals surface area (Å²) in [7, 11) is 0. The molecule has 168 valence electrons. The van der Waals surface area contributed by atoms with Crippen LogP contribution >= 0.6 is 0 Å². The van der Waals surface area contributed by atoms with Gasteiger partial charge in [-0.25, -0.2) is 19.7 Å². The van der Waals surface area contributed by atoms with E-state index in [-0.39, 0.29) is 5.75 Å². The minimum Gasteiger partial charge on any atom is -0.439 e. The second kappa shape index (κ2) is 9.26. The smallest absolute Gasteiger partial charge is 0.439 e. The van der Waals surface area contributed by atoms with Crippen molar-refractivity contribution in [2.75, 3.05) is 10.6 Å². The number of alkyl halides is 3. The number of carbonyl (C=O) groups excluding carboxylic acids is 1. The van der Waals surface area contributed by atoms with Crippen molar-refractivity contribution in [3.05, 3.63) is 79.6 Å². The zero-order chi connectivity index (χ0) is 23.3. The minimum absolute atomic E-state index is 0.291. The Hall–Kier alpha value is -4.61. The highest BCUT2D eigenvalue weighted by Gasteiger charge is 2.30. The standard InChI is InChI=1S/C21H15F3N6O3/c22-21(23,24)33-17-7-3-15(4-8-17)29-20(31)28-14-1-5-16(6-2-14)32-19-11-18(26-12-27-19)30-10-9-25-13-30/h1-13H,(H2,28,29,31). The van der Waals surface area contributed by atoms with Crippen molar-refractivity contribution >= 4 is 17.4 Å². The van der Waals surface area contributed by atoms with Gasteiger partial charge in [-0.15, -0.1) is 13.2 Å². The van der Waals surface area contributed by atoms with Crippen molar-refractivity contribution in [1.29, 1.82) is 0 Å². The summed E-state index contributed by atoms with van der Waals surface area (Å²) in [6, 6.07) is 12.4. The number of ether oxygens (including phenoxy) is 2. The Labute approximate surface area is 184 Å². The Balaban J connectivity index is 1.32. The number of amides is 2. The monoisotopic (exact) mass is 456 g/mol. The molecule has 0 atom stereocenters. The van der Waals surface area contributed by atoms with Gasteiger partial charge in [-0.1, -0.05) is 0 Å². The highest BCUT2D eigenvalue weighted by molar-refractivity contribution is 5.99. The number of carbonyl (C=O) groups is 1. The van der Waals surface area contributed by atoms with Crippen LogP contribution in [-0.2, 0) is 0 Å². The lowest BCUT2D eigenvalue weighted by Gasteiger charge is -2.11. The van der Waals surface area contributed by atoms with Crippen molar-refractivity contribution in [2.24, 2.45) is 0 Å². The molecule has 0 bridgehead atoms. The van der Waals surface area contributed by atoms with Gasteiger partial charge in [0.15, 0.2) is 0 Å². The van der Waals surface area contributed by atoms with Gasteiger partial charge in [-0.3, -0.25) is 4.57 Å². The van der Waals surface area contributed by atoms with Crippen LogP contribution in [0.3, 0.4) is 0 Å². The van der Waals surface area contributed by atoms with Crippen LogP contribution in [0.4, 0.5) is 29.3 Å². The van der Waals surface area contributed by atoms with Gasteiger partial charge in [0.2, 0.25) is 5.88 Å². The Morgan fingerprint density at radius 2 is 1.55 bits per heavy atom. The number of imidazole rings is 1. The number of rotatable bonds is 6. The van der Waals surface area contributed by atoms with Crippen LogP contribution in [0.5, 0.6) is 17.4 Å². The van der Waals surface area contributed by atoms with E-state index in [0.717, 1.165) is 12.1 Å². The molecular weight excluding hydrogens is 441 g/mol. The van der Waals surface area contributed by atoms with Crippen molar-refractivity contribution in [2.45, 2.75) is 6.36 Å². The molecule has 0 aliphatic rings. The summed E-state index contributed by atoms with van der Waals surface area (Å²) in [4.78, 5) is 24.3. The molecular formula is C21H15F3N6O3. The van der Waals surface area contributed by atoms with Crippen LogP contribution in [0.25, 0.3) is 5.82 Å². The molecule has 0 spiro atoms. The Morgan fingerprint density at radius 3 is 2.12 bits per heavy atom. The molecule has 0 radical (unpaired) electrons. The Bertz CT molecular complexity index is 1210. The number of hydrogen-bond donors (Lipinski definition) is 2. The number of anilines is 2. The Morgan fingerprint density at radius 1 is 0.909 bits per heavy atom. The molecule has 0 unspecified atom stereocenters. The number of nitrogens with one attached hydrogen (secondary N) is 2. The lowest BCUT2D eigenvalue weighted by Crippen LogP contribution is -2.19. The maximum Gasteiger partial charge on any atom is 0.573 e. The SMILES string of the molecule is O=C(Nc1ccc(Oc2cc(-n3ccnc3)ncn2)cc1)Nc1ccc(OC(F)(F)F)cc1. The molecule has 2 aromatic heterocycles. The fourth-order valence-corrected chi connectivity index (χ4v) is 2.68. The average molecular weight is 456 g/mol. The van der Waals surface area contributed by atoms with Crippen LogP contribution in [0.1, 0.15) is 0 Å². The van der Waals surface area contributed by atoms with Crippen LogP contribution < -0.4 is 20.1 Å². The quantitative estimate of drug-likeness (QED) is 0.423. The van der Waals surface area contributed by atoms with E-state index in [4.69, 9.17) is 4.74 Å². The number of benzene rings is 2. The van der Waals surface area contributed by atoms with E-state index in [1.807, 2.05) is 0 Å². The number of hydrogen-bond acceptors (Lipinski definition) is 6. The van der Waals surface area contributed by atoms with Crippen molar-refractivity contribution in [3.8, 4) is 23.2 Å². The average Bonchev–Trinajstić information content (AvgIpc) is 3.31. The fourth-order valence-electron chi connectivity index (χ4n) is 2.68. The lowest BCUT2D eigenvalue weighted by atomic mass is 10.3. The van der Waals surface area contributed by atoms with Gasteiger partial charge in [-0.05, 0) is 48.5 Å². The first-order valence-corrected chi connectivity index (χ1v) is 9.36. The third-order valence-corrected chi connectivity index (χ3v) is 4.08. The first kappa shape index (κ1) is 21.6. The largest absolute Gasteiger partial charge is 0.573 e. The summed E-state index contributed by atoms with van der Waals surface area (Å²) in [5, 5.41) is 5.12. The molecule has 12 heteroatoms. The van der Waals surface area contributed by atoms with Gasteiger partial charge in [0.25, 0.3) is 0 Å². The van der Waals surface area contributed by atoms with Gasteiger partial charge in [-0.2, -0.15) is 0 Å². The zero-order valence-electron chi connectivity index (χ0n) is 16.7. The van der Waals surface area contributed by atoms with Crippen molar-refractivity contribution in [1.82, 2.24) is 19.5 Å². The second-order valence-electron chi connectivity index (χ2n) is 6.46. The van der Waals surface area contributed by atoms with Gasteiger partial charge in [0.05, 0.1) is 0 Å². The summed E-state index contributed by atoms with van der Waals surface area (Å²) in [6.07, 6.45) is 1.55. The van der Waals surface area contributed by atoms with E-state index < -0.39 is 12.4 Å². The summed E-state index contributed by atoms with van der Waals surface area (Å²) >= 11 is 0. The molecule has 0 saturated heterocycles. The Kier molecular flexibility index (Phi) is 6.06. The predicted octanol–water partition coefficient (Wildman–Crippen LogP) is 5.00. The number of halogens is 3. The minimum atomic E-state index is -4.78. The van der Waals surface area contributed by atoms with E-state index in [0.29, 0.717) is 28.8 Å². The lowest BCUT2D eigenvalue weighted by molar-refractivity contribution is -0.274. The van der Waals surface area contributed by atoms with Gasteiger partial charge < -0.3 is 20.1 Å². The molecule has 33 heavy (non-hydrogen) atoms. The molecule has 0 fully saturated rings. The van der Waals surface area contributed by atoms with Gasteiger partial charge in [0.1, 0.15) is 30.0 Å². The number of aromatic nitrogens is 4. The maximum atomic E-state index is 12.2. The summed E-state index contributed by atoms with van der Waals surface area (Å²) < 4.78 is 47.8. The number of nitrogens with zero attached hydrogens (tertiary/aromatic N) is 4. The third kappa shape index (κ3) is 6.19. The first-order valence-electron chi connectivity index (χ1n) is 9.36. The van der Waals surface area contributed by atoms with Gasteiger partial charge >= 0.3 is 12.4 Å². The van der Waals surface area contributed by atoms with Gasteiger partial charge in [0, 0.05) is 29.8 Å². The highest BCUT2D eigenvalue weighted by atomic mass is 19.4. The zero-order valence-corrected chi connectivity index (χ0v) is 16.7.